The summed E-state index contributed by atoms with van der Waals surface area (Å²) in [6.45, 7) is 6.62. The summed E-state index contributed by atoms with van der Waals surface area (Å²) < 4.78 is 29.1. The summed E-state index contributed by atoms with van der Waals surface area (Å²) in [5, 5.41) is 3.09. The van der Waals surface area contributed by atoms with E-state index in [-0.39, 0.29) is 29.7 Å². The van der Waals surface area contributed by atoms with Crippen LogP contribution in [0.5, 0.6) is 5.75 Å². The maximum Gasteiger partial charge on any atom is 0.193 e. The largest absolute Gasteiger partial charge is 0.492 e. The topological polar surface area (TPSA) is 71.0 Å². The normalized spacial score (nSPS) is 12.3. The number of rotatable bonds is 7. The molecule has 0 aromatic heterocycles. The van der Waals surface area contributed by atoms with E-state index in [1.54, 1.807) is 27.8 Å². The van der Waals surface area contributed by atoms with E-state index in [9.17, 15) is 8.42 Å². The highest BCUT2D eigenvalue weighted by Gasteiger charge is 2.28. The van der Waals surface area contributed by atoms with Crippen molar-refractivity contribution in [1.82, 2.24) is 10.2 Å². The molecule has 0 aliphatic carbocycles. The van der Waals surface area contributed by atoms with Gasteiger partial charge in [0, 0.05) is 20.6 Å². The Labute approximate surface area is 169 Å². The number of likely N-dealkylation sites (N-methyl/N-ethyl adjacent to an activating group) is 1. The third-order valence-corrected chi connectivity index (χ3v) is 6.21. The Hall–Kier alpha value is -1.03. The van der Waals surface area contributed by atoms with Crippen molar-refractivity contribution in [3.05, 3.63) is 30.3 Å². The van der Waals surface area contributed by atoms with Gasteiger partial charge in [0.15, 0.2) is 15.8 Å². The lowest BCUT2D eigenvalue weighted by atomic mass is 10.3. The van der Waals surface area contributed by atoms with Gasteiger partial charge in [-0.2, -0.15) is 0 Å². The lowest BCUT2D eigenvalue weighted by Gasteiger charge is -2.23. The molecule has 0 atom stereocenters. The summed E-state index contributed by atoms with van der Waals surface area (Å²) in [7, 11) is 0.426. The first-order valence-electron chi connectivity index (χ1n) is 7.99. The summed E-state index contributed by atoms with van der Waals surface area (Å²) in [5.41, 5.74) is 0. The quantitative estimate of drug-likeness (QED) is 0.367. The molecule has 0 saturated heterocycles. The van der Waals surface area contributed by atoms with E-state index in [4.69, 9.17) is 4.74 Å². The Balaban J connectivity index is 0.00000576. The number of sulfone groups is 1. The van der Waals surface area contributed by atoms with Crippen LogP contribution in [-0.4, -0.2) is 63.6 Å². The Morgan fingerprint density at radius 1 is 1.24 bits per heavy atom. The highest BCUT2D eigenvalue weighted by atomic mass is 127. The number of para-hydroxylation sites is 1. The fourth-order valence-electron chi connectivity index (χ4n) is 1.91. The Kier molecular flexibility index (Phi) is 10.4. The lowest BCUT2D eigenvalue weighted by molar-refractivity contribution is 0.281. The molecule has 0 fully saturated rings. The van der Waals surface area contributed by atoms with Crippen molar-refractivity contribution in [2.45, 2.75) is 25.5 Å². The molecular weight excluding hydrogens is 453 g/mol. The van der Waals surface area contributed by atoms with Crippen molar-refractivity contribution >= 4 is 39.8 Å². The van der Waals surface area contributed by atoms with Crippen LogP contribution in [0.2, 0.25) is 0 Å². The second-order valence-corrected chi connectivity index (χ2v) is 9.35. The van der Waals surface area contributed by atoms with Crippen molar-refractivity contribution in [2.24, 2.45) is 4.99 Å². The number of halogens is 1. The summed E-state index contributed by atoms with van der Waals surface area (Å²) in [6.07, 6.45) is 0. The zero-order chi connectivity index (χ0) is 18.2. The van der Waals surface area contributed by atoms with Crippen LogP contribution in [0.15, 0.2) is 35.3 Å². The first kappa shape index (κ1) is 24.0. The maximum atomic E-state index is 12.1. The maximum absolute atomic E-state index is 12.1. The number of aliphatic imine (C=N–C) groups is 1. The predicted molar refractivity (Wildman–Crippen MR) is 115 cm³/mol. The van der Waals surface area contributed by atoms with Gasteiger partial charge in [-0.15, -0.1) is 24.0 Å². The molecule has 0 heterocycles. The first-order chi connectivity index (χ1) is 11.2. The molecule has 0 amide bonds. The van der Waals surface area contributed by atoms with Crippen LogP contribution in [0.25, 0.3) is 0 Å². The van der Waals surface area contributed by atoms with E-state index in [0.29, 0.717) is 25.7 Å². The molecule has 25 heavy (non-hydrogen) atoms. The average molecular weight is 483 g/mol. The minimum Gasteiger partial charge on any atom is -0.492 e. The van der Waals surface area contributed by atoms with Crippen LogP contribution in [-0.2, 0) is 9.84 Å². The number of guanidine groups is 1. The van der Waals surface area contributed by atoms with E-state index in [2.05, 4.69) is 10.3 Å². The monoisotopic (exact) mass is 483 g/mol. The first-order valence-corrected chi connectivity index (χ1v) is 9.64. The van der Waals surface area contributed by atoms with Crippen molar-refractivity contribution in [1.29, 1.82) is 0 Å². The van der Waals surface area contributed by atoms with Crippen LogP contribution >= 0.6 is 24.0 Å². The zero-order valence-corrected chi connectivity index (χ0v) is 18.8. The highest BCUT2D eigenvalue weighted by Crippen LogP contribution is 2.15. The molecule has 0 spiro atoms. The van der Waals surface area contributed by atoms with E-state index in [1.165, 1.54) is 0 Å². The van der Waals surface area contributed by atoms with E-state index >= 15 is 0 Å². The molecule has 1 N–H and O–H groups in total. The summed E-state index contributed by atoms with van der Waals surface area (Å²) in [4.78, 5) is 6.09. The second kappa shape index (κ2) is 10.8. The molecule has 0 aliphatic rings. The van der Waals surface area contributed by atoms with E-state index in [0.717, 1.165) is 5.75 Å². The molecule has 0 bridgehead atoms. The van der Waals surface area contributed by atoms with Gasteiger partial charge in [0.05, 0.1) is 17.0 Å². The third-order valence-electron chi connectivity index (χ3n) is 3.60. The van der Waals surface area contributed by atoms with Crippen molar-refractivity contribution in [3.63, 3.8) is 0 Å². The van der Waals surface area contributed by atoms with Crippen LogP contribution in [0, 0.1) is 0 Å². The van der Waals surface area contributed by atoms with Crippen LogP contribution in [0.3, 0.4) is 0 Å². The molecule has 0 unspecified atom stereocenters. The van der Waals surface area contributed by atoms with Crippen LogP contribution < -0.4 is 10.1 Å². The molecule has 0 saturated carbocycles. The van der Waals surface area contributed by atoms with Gasteiger partial charge in [0.25, 0.3) is 0 Å². The van der Waals surface area contributed by atoms with Gasteiger partial charge in [-0.1, -0.05) is 18.2 Å². The van der Waals surface area contributed by atoms with Gasteiger partial charge < -0.3 is 15.0 Å². The summed E-state index contributed by atoms with van der Waals surface area (Å²) in [6, 6.07) is 9.61. The molecule has 1 aromatic carbocycles. The van der Waals surface area contributed by atoms with Crippen LogP contribution in [0.4, 0.5) is 0 Å². The average Bonchev–Trinajstić information content (AvgIpc) is 2.51. The van der Waals surface area contributed by atoms with Gasteiger partial charge in [0.2, 0.25) is 0 Å². The Morgan fingerprint density at radius 3 is 2.36 bits per heavy atom. The predicted octanol–water partition coefficient (Wildman–Crippen LogP) is 2.40. The number of nitrogens with one attached hydrogen (secondary N) is 1. The fraction of sp³-hybridized carbons (Fsp3) is 0.588. The molecule has 144 valence electrons. The SMILES string of the molecule is CN=C(NCCS(=O)(=O)C(C)(C)C)N(C)CCOc1ccccc1.I. The summed E-state index contributed by atoms with van der Waals surface area (Å²) in [5.74, 6) is 1.55. The number of nitrogens with zero attached hydrogens (tertiary/aromatic N) is 2. The van der Waals surface area contributed by atoms with Gasteiger partial charge >= 0.3 is 0 Å². The van der Waals surface area contributed by atoms with Gasteiger partial charge in [-0.25, -0.2) is 8.42 Å². The Morgan fingerprint density at radius 2 is 1.84 bits per heavy atom. The Bertz CT molecular complexity index is 628. The van der Waals surface area contributed by atoms with E-state index in [1.807, 2.05) is 42.3 Å². The number of hydrogen-bond acceptors (Lipinski definition) is 4. The molecule has 1 aromatic rings. The molecular formula is C17H30IN3O3S. The number of ether oxygens (including phenoxy) is 1. The van der Waals surface area contributed by atoms with Gasteiger partial charge in [-0.3, -0.25) is 4.99 Å². The van der Waals surface area contributed by atoms with Gasteiger partial charge in [0.1, 0.15) is 12.4 Å². The minimum atomic E-state index is -3.14. The molecule has 8 heteroatoms. The van der Waals surface area contributed by atoms with Crippen molar-refractivity contribution in [3.8, 4) is 5.75 Å². The van der Waals surface area contributed by atoms with Crippen molar-refractivity contribution < 1.29 is 13.2 Å². The zero-order valence-electron chi connectivity index (χ0n) is 15.7. The smallest absolute Gasteiger partial charge is 0.193 e. The van der Waals surface area contributed by atoms with Gasteiger partial charge in [-0.05, 0) is 32.9 Å². The molecule has 0 radical (unpaired) electrons. The van der Waals surface area contributed by atoms with Crippen LogP contribution in [0.1, 0.15) is 20.8 Å². The molecule has 6 nitrogen and oxygen atoms in total. The van der Waals surface area contributed by atoms with Crippen molar-refractivity contribution in [2.75, 3.05) is 39.5 Å². The number of hydrogen-bond donors (Lipinski definition) is 1. The minimum absolute atomic E-state index is 0. The molecule has 1 rings (SSSR count). The fourth-order valence-corrected chi connectivity index (χ4v) is 2.89. The number of benzene rings is 1. The third kappa shape index (κ3) is 8.26. The summed E-state index contributed by atoms with van der Waals surface area (Å²) >= 11 is 0. The molecule has 0 aliphatic heterocycles. The standard InChI is InChI=1S/C17H29N3O3S.HI/c1-17(2,3)24(21,22)14-11-19-16(18-4)20(5)12-13-23-15-9-7-6-8-10-15;/h6-10H,11-14H2,1-5H3,(H,18,19);1H. The van der Waals surface area contributed by atoms with E-state index < -0.39 is 14.6 Å². The second-order valence-electron chi connectivity index (χ2n) is 6.49. The lowest BCUT2D eigenvalue weighted by Crippen LogP contribution is -2.43. The highest BCUT2D eigenvalue weighted by molar-refractivity contribution is 14.0.